The summed E-state index contributed by atoms with van der Waals surface area (Å²) in [6, 6.07) is 5.62. The van der Waals surface area contributed by atoms with Gasteiger partial charge in [-0.15, -0.1) is 10.2 Å². The third-order valence-corrected chi connectivity index (χ3v) is 5.28. The van der Waals surface area contributed by atoms with Gasteiger partial charge in [-0.05, 0) is 40.9 Å². The average Bonchev–Trinajstić information content (AvgIpc) is 2.75. The fourth-order valence-corrected chi connectivity index (χ4v) is 3.57. The lowest BCUT2D eigenvalue weighted by molar-refractivity contribution is -0.393. The fourth-order valence-electron chi connectivity index (χ4n) is 3.05. The maximum Gasteiger partial charge on any atom is 0.304 e. The Morgan fingerprint density at radius 1 is 1.09 bits per heavy atom. The standard InChI is InChI=1S/C20H24BrN5O6/c1-4-5-6-24(7-8-27)14-9-13(2)19(18(12-14)32-3)22-23-20-16(21)10-15(25(28)29)11-17(20)26(30)31/h9-12,27H,4-8H2,1-3H3. The van der Waals surface area contributed by atoms with Crippen LogP contribution in [0.2, 0.25) is 0 Å². The molecule has 0 atom stereocenters. The molecule has 2 aromatic carbocycles. The minimum atomic E-state index is -0.750. The number of nitro groups is 2. The average molecular weight is 510 g/mol. The van der Waals surface area contributed by atoms with Crippen LogP contribution in [0, 0.1) is 27.2 Å². The Balaban J connectivity index is 2.51. The molecule has 0 unspecified atom stereocenters. The number of non-ortho nitro benzene ring substituents is 1. The zero-order valence-corrected chi connectivity index (χ0v) is 19.5. The Morgan fingerprint density at radius 3 is 2.34 bits per heavy atom. The number of ether oxygens (including phenoxy) is 1. The largest absolute Gasteiger partial charge is 0.494 e. The number of aliphatic hydroxyl groups excluding tert-OH is 1. The summed E-state index contributed by atoms with van der Waals surface area (Å²) in [5.41, 5.74) is 0.811. The number of halogens is 1. The Bertz CT molecular complexity index is 1030. The summed E-state index contributed by atoms with van der Waals surface area (Å²) in [4.78, 5) is 23.0. The van der Waals surface area contributed by atoms with E-state index in [2.05, 4.69) is 33.1 Å². The lowest BCUT2D eigenvalue weighted by atomic mass is 10.1. The van der Waals surface area contributed by atoms with Gasteiger partial charge in [0.1, 0.15) is 11.4 Å². The molecule has 0 saturated carbocycles. The molecule has 0 amide bonds. The van der Waals surface area contributed by atoms with Crippen molar-refractivity contribution in [2.45, 2.75) is 26.7 Å². The monoisotopic (exact) mass is 509 g/mol. The first-order valence-electron chi connectivity index (χ1n) is 9.81. The first-order chi connectivity index (χ1) is 15.2. The number of nitro benzene ring substituents is 2. The van der Waals surface area contributed by atoms with Crippen LogP contribution in [0.1, 0.15) is 25.3 Å². The first kappa shape index (κ1) is 25.1. The molecule has 0 aliphatic rings. The van der Waals surface area contributed by atoms with Crippen LogP contribution in [0.5, 0.6) is 5.75 Å². The summed E-state index contributed by atoms with van der Waals surface area (Å²) in [6.45, 7) is 5.12. The third kappa shape index (κ3) is 5.98. The van der Waals surface area contributed by atoms with Gasteiger partial charge >= 0.3 is 5.69 Å². The number of anilines is 1. The zero-order valence-electron chi connectivity index (χ0n) is 17.9. The second-order valence-corrected chi connectivity index (χ2v) is 7.74. The van der Waals surface area contributed by atoms with Crippen LogP contribution < -0.4 is 9.64 Å². The molecule has 12 heteroatoms. The van der Waals surface area contributed by atoms with Gasteiger partial charge in [-0.25, -0.2) is 0 Å². The molecule has 0 spiro atoms. The molecule has 172 valence electrons. The normalized spacial score (nSPS) is 11.0. The van der Waals surface area contributed by atoms with E-state index in [9.17, 15) is 25.3 Å². The van der Waals surface area contributed by atoms with Crippen molar-refractivity contribution in [2.75, 3.05) is 31.7 Å². The number of rotatable bonds is 11. The molecular weight excluding hydrogens is 486 g/mol. The minimum absolute atomic E-state index is 0.00434. The van der Waals surface area contributed by atoms with E-state index in [1.807, 2.05) is 11.0 Å². The van der Waals surface area contributed by atoms with Gasteiger partial charge < -0.3 is 14.7 Å². The second-order valence-electron chi connectivity index (χ2n) is 6.89. The Labute approximate surface area is 193 Å². The Kier molecular flexibility index (Phi) is 9.02. The highest BCUT2D eigenvalue weighted by Crippen LogP contribution is 2.42. The number of hydrogen-bond acceptors (Lipinski definition) is 9. The van der Waals surface area contributed by atoms with E-state index in [4.69, 9.17) is 4.74 Å². The molecular formula is C20H24BrN5O6. The molecule has 0 radical (unpaired) electrons. The highest BCUT2D eigenvalue weighted by Gasteiger charge is 2.24. The van der Waals surface area contributed by atoms with Crippen LogP contribution in [0.4, 0.5) is 28.4 Å². The van der Waals surface area contributed by atoms with E-state index in [0.29, 0.717) is 23.5 Å². The van der Waals surface area contributed by atoms with E-state index < -0.39 is 21.2 Å². The summed E-state index contributed by atoms with van der Waals surface area (Å²) < 4.78 is 5.54. The number of unbranched alkanes of at least 4 members (excludes halogenated alkanes) is 1. The summed E-state index contributed by atoms with van der Waals surface area (Å²) in [7, 11) is 1.48. The number of benzene rings is 2. The van der Waals surface area contributed by atoms with Gasteiger partial charge in [-0.2, -0.15) is 0 Å². The van der Waals surface area contributed by atoms with Gasteiger partial charge in [0.15, 0.2) is 5.69 Å². The van der Waals surface area contributed by atoms with Crippen molar-refractivity contribution in [1.29, 1.82) is 0 Å². The predicted molar refractivity (Wildman–Crippen MR) is 124 cm³/mol. The first-order valence-corrected chi connectivity index (χ1v) is 10.6. The minimum Gasteiger partial charge on any atom is -0.494 e. The summed E-state index contributed by atoms with van der Waals surface area (Å²) in [6.07, 6.45) is 1.97. The van der Waals surface area contributed by atoms with Crippen LogP contribution in [0.15, 0.2) is 39.0 Å². The number of nitrogens with zero attached hydrogens (tertiary/aromatic N) is 5. The summed E-state index contributed by atoms with van der Waals surface area (Å²) >= 11 is 3.11. The van der Waals surface area contributed by atoms with Crippen molar-refractivity contribution in [3.8, 4) is 5.75 Å². The van der Waals surface area contributed by atoms with Crippen LogP contribution in [-0.2, 0) is 0 Å². The predicted octanol–water partition coefficient (Wildman–Crippen LogP) is 5.60. The Morgan fingerprint density at radius 2 is 1.78 bits per heavy atom. The number of hydrogen-bond donors (Lipinski definition) is 1. The topological polar surface area (TPSA) is 144 Å². The number of methoxy groups -OCH3 is 1. The van der Waals surface area contributed by atoms with Crippen molar-refractivity contribution in [3.05, 3.63) is 54.5 Å². The lowest BCUT2D eigenvalue weighted by Gasteiger charge is -2.25. The molecule has 0 bridgehead atoms. The van der Waals surface area contributed by atoms with Gasteiger partial charge in [0.25, 0.3) is 5.69 Å². The molecule has 32 heavy (non-hydrogen) atoms. The Hall–Kier alpha value is -3.12. The number of aliphatic hydroxyl groups is 1. The highest BCUT2D eigenvalue weighted by molar-refractivity contribution is 9.10. The highest BCUT2D eigenvalue weighted by atomic mass is 79.9. The van der Waals surface area contributed by atoms with Crippen LogP contribution >= 0.6 is 15.9 Å². The van der Waals surface area contributed by atoms with Gasteiger partial charge in [0.05, 0.1) is 34.1 Å². The van der Waals surface area contributed by atoms with Crippen molar-refractivity contribution in [3.63, 3.8) is 0 Å². The van der Waals surface area contributed by atoms with Crippen molar-refractivity contribution in [2.24, 2.45) is 10.2 Å². The zero-order chi connectivity index (χ0) is 23.8. The summed E-state index contributed by atoms with van der Waals surface area (Å²) in [5, 5.41) is 40.0. The van der Waals surface area contributed by atoms with Crippen LogP contribution in [-0.4, -0.2) is 41.8 Å². The number of aryl methyl sites for hydroxylation is 1. The van der Waals surface area contributed by atoms with E-state index in [0.717, 1.165) is 37.2 Å². The van der Waals surface area contributed by atoms with Gasteiger partial charge in [-0.3, -0.25) is 20.2 Å². The quantitative estimate of drug-likeness (QED) is 0.235. The lowest BCUT2D eigenvalue weighted by Crippen LogP contribution is -2.27. The fraction of sp³-hybridized carbons (Fsp3) is 0.400. The SMILES string of the molecule is CCCCN(CCO)c1cc(C)c(N=Nc2c(Br)cc([N+](=O)[O-])cc2[N+](=O)[O-])c(OC)c1. The van der Waals surface area contributed by atoms with Gasteiger partial charge in [0.2, 0.25) is 0 Å². The van der Waals surface area contributed by atoms with Crippen LogP contribution in [0.25, 0.3) is 0 Å². The molecule has 1 N–H and O–H groups in total. The van der Waals surface area contributed by atoms with E-state index in [1.54, 1.807) is 13.0 Å². The van der Waals surface area contributed by atoms with E-state index in [1.165, 1.54) is 7.11 Å². The van der Waals surface area contributed by atoms with Crippen LogP contribution in [0.3, 0.4) is 0 Å². The smallest absolute Gasteiger partial charge is 0.304 e. The molecule has 0 aliphatic heterocycles. The maximum atomic E-state index is 11.4. The number of azo groups is 1. The molecule has 2 aromatic rings. The van der Waals surface area contributed by atoms with E-state index in [-0.39, 0.29) is 16.8 Å². The molecule has 2 rings (SSSR count). The maximum absolute atomic E-state index is 11.4. The van der Waals surface area contributed by atoms with Crippen molar-refractivity contribution >= 4 is 44.4 Å². The second kappa shape index (κ2) is 11.5. The van der Waals surface area contributed by atoms with Crippen molar-refractivity contribution < 1.29 is 19.7 Å². The van der Waals surface area contributed by atoms with E-state index >= 15 is 0 Å². The molecule has 0 aromatic heterocycles. The molecule has 11 nitrogen and oxygen atoms in total. The summed E-state index contributed by atoms with van der Waals surface area (Å²) in [5.74, 6) is 0.406. The molecule has 0 saturated heterocycles. The molecule has 0 aliphatic carbocycles. The third-order valence-electron chi connectivity index (χ3n) is 4.67. The van der Waals surface area contributed by atoms with Gasteiger partial charge in [-0.1, -0.05) is 13.3 Å². The van der Waals surface area contributed by atoms with Crippen molar-refractivity contribution in [1.82, 2.24) is 0 Å². The molecule has 0 heterocycles. The molecule has 0 fully saturated rings. The van der Waals surface area contributed by atoms with Gasteiger partial charge in [0, 0.05) is 30.9 Å².